The summed E-state index contributed by atoms with van der Waals surface area (Å²) in [5, 5.41) is 10.9. The lowest BCUT2D eigenvalue weighted by molar-refractivity contribution is -0.140. The smallest absolute Gasteiger partial charge is 0.325 e. The molecule has 0 spiro atoms. The second-order valence-corrected chi connectivity index (χ2v) is 3.92. The molecule has 1 aromatic heterocycles. The Morgan fingerprint density at radius 1 is 1.42 bits per heavy atom. The van der Waals surface area contributed by atoms with Crippen molar-refractivity contribution in [3.05, 3.63) is 36.2 Å². The lowest BCUT2D eigenvalue weighted by Crippen LogP contribution is -2.37. The second-order valence-electron chi connectivity index (χ2n) is 3.92. The zero-order valence-corrected chi connectivity index (χ0v) is 10.2. The Hall–Kier alpha value is -2.63. The van der Waals surface area contributed by atoms with Crippen molar-refractivity contribution in [2.24, 2.45) is 0 Å². The average Bonchev–Trinajstić information content (AvgIpc) is 2.78. The minimum atomic E-state index is -1.09. The van der Waals surface area contributed by atoms with Crippen LogP contribution in [0.15, 0.2) is 34.8 Å². The van der Waals surface area contributed by atoms with Crippen LogP contribution >= 0.6 is 0 Å². The van der Waals surface area contributed by atoms with E-state index in [-0.39, 0.29) is 0 Å². The number of carboxylic acids is 1. The summed E-state index contributed by atoms with van der Waals surface area (Å²) in [4.78, 5) is 26.1. The summed E-state index contributed by atoms with van der Waals surface area (Å²) in [6.45, 7) is 1.38. The van der Waals surface area contributed by atoms with Crippen LogP contribution in [0.25, 0.3) is 17.2 Å². The van der Waals surface area contributed by atoms with Crippen LogP contribution in [0.2, 0.25) is 0 Å². The van der Waals surface area contributed by atoms with Gasteiger partial charge in [-0.2, -0.15) is 0 Å². The zero-order chi connectivity index (χ0) is 13.8. The van der Waals surface area contributed by atoms with Crippen LogP contribution in [0, 0.1) is 0 Å². The molecule has 19 heavy (non-hydrogen) atoms. The number of fused-ring (bicyclic) bond motifs is 1. The van der Waals surface area contributed by atoms with Gasteiger partial charge in [0.1, 0.15) is 11.6 Å². The van der Waals surface area contributed by atoms with Gasteiger partial charge in [0.05, 0.1) is 0 Å². The second kappa shape index (κ2) is 5.34. The highest BCUT2D eigenvalue weighted by atomic mass is 16.4. The molecule has 6 heteroatoms. The van der Waals surface area contributed by atoms with Gasteiger partial charge in [0.25, 0.3) is 0 Å². The SMILES string of the molecule is C[C@@H](NC(=O)C=Cc1nc2ccccc2o1)C(=O)O. The van der Waals surface area contributed by atoms with Gasteiger partial charge in [-0.15, -0.1) is 0 Å². The largest absolute Gasteiger partial charge is 0.480 e. The van der Waals surface area contributed by atoms with E-state index in [2.05, 4.69) is 10.3 Å². The number of aromatic nitrogens is 1. The number of hydrogen-bond acceptors (Lipinski definition) is 4. The number of nitrogens with zero attached hydrogens (tertiary/aromatic N) is 1. The Balaban J connectivity index is 2.05. The molecule has 0 aliphatic rings. The molecule has 98 valence electrons. The summed E-state index contributed by atoms with van der Waals surface area (Å²) in [7, 11) is 0. The van der Waals surface area contributed by atoms with Gasteiger partial charge in [-0.3, -0.25) is 9.59 Å². The van der Waals surface area contributed by atoms with Gasteiger partial charge in [0.15, 0.2) is 5.58 Å². The average molecular weight is 260 g/mol. The number of hydrogen-bond donors (Lipinski definition) is 2. The molecule has 1 aromatic carbocycles. The fourth-order valence-electron chi connectivity index (χ4n) is 1.43. The molecule has 1 amide bonds. The van der Waals surface area contributed by atoms with Gasteiger partial charge in [-0.1, -0.05) is 12.1 Å². The molecule has 2 rings (SSSR count). The number of oxazole rings is 1. The maximum atomic E-state index is 11.4. The molecule has 1 heterocycles. The van der Waals surface area contributed by atoms with Crippen molar-refractivity contribution >= 4 is 29.1 Å². The van der Waals surface area contributed by atoms with Crippen molar-refractivity contribution in [1.29, 1.82) is 0 Å². The minimum absolute atomic E-state index is 0.291. The molecule has 0 saturated heterocycles. The van der Waals surface area contributed by atoms with E-state index in [9.17, 15) is 9.59 Å². The van der Waals surface area contributed by atoms with E-state index in [1.807, 2.05) is 12.1 Å². The molecule has 0 fully saturated rings. The number of nitrogens with one attached hydrogen (secondary N) is 1. The van der Waals surface area contributed by atoms with E-state index in [4.69, 9.17) is 9.52 Å². The molecular formula is C13H12N2O4. The van der Waals surface area contributed by atoms with E-state index in [1.165, 1.54) is 19.1 Å². The Bertz CT molecular complexity index is 612. The van der Waals surface area contributed by atoms with Crippen molar-refractivity contribution in [2.75, 3.05) is 0 Å². The third-order valence-electron chi connectivity index (χ3n) is 2.42. The number of carbonyl (C=O) groups excluding carboxylic acids is 1. The lowest BCUT2D eigenvalue weighted by atomic mass is 10.3. The van der Waals surface area contributed by atoms with Gasteiger partial charge < -0.3 is 14.8 Å². The first-order valence-electron chi connectivity index (χ1n) is 5.63. The summed E-state index contributed by atoms with van der Waals surface area (Å²) in [6, 6.07) is 6.28. The van der Waals surface area contributed by atoms with E-state index in [0.29, 0.717) is 17.0 Å². The molecule has 2 aromatic rings. The third kappa shape index (κ3) is 3.19. The topological polar surface area (TPSA) is 92.4 Å². The molecule has 0 aliphatic carbocycles. The molecule has 0 aliphatic heterocycles. The number of benzene rings is 1. The summed E-state index contributed by atoms with van der Waals surface area (Å²) >= 11 is 0. The van der Waals surface area contributed by atoms with E-state index >= 15 is 0 Å². The first-order valence-corrected chi connectivity index (χ1v) is 5.63. The quantitative estimate of drug-likeness (QED) is 0.811. The standard InChI is InChI=1S/C13H12N2O4/c1-8(13(17)18)14-11(16)6-7-12-15-9-4-2-3-5-10(9)19-12/h2-8H,1H3,(H,14,16)(H,17,18)/t8-/m1/s1. The molecule has 2 N–H and O–H groups in total. The zero-order valence-electron chi connectivity index (χ0n) is 10.2. The van der Waals surface area contributed by atoms with Crippen LogP contribution in [0.4, 0.5) is 0 Å². The van der Waals surface area contributed by atoms with E-state index in [1.54, 1.807) is 12.1 Å². The van der Waals surface area contributed by atoms with Crippen LogP contribution in [-0.4, -0.2) is 28.0 Å². The highest BCUT2D eigenvalue weighted by molar-refractivity contribution is 5.94. The summed E-state index contributed by atoms with van der Waals surface area (Å²) in [6.07, 6.45) is 2.58. The molecular weight excluding hydrogens is 248 g/mol. The normalized spacial score (nSPS) is 12.7. The fourth-order valence-corrected chi connectivity index (χ4v) is 1.43. The Morgan fingerprint density at radius 2 is 2.16 bits per heavy atom. The number of para-hydroxylation sites is 2. The predicted octanol–water partition coefficient (Wildman–Crippen LogP) is 1.43. The van der Waals surface area contributed by atoms with Crippen molar-refractivity contribution in [2.45, 2.75) is 13.0 Å². The Kier molecular flexibility index (Phi) is 3.61. The number of carbonyl (C=O) groups is 2. The number of amides is 1. The number of carboxylic acid groups (broad SMARTS) is 1. The van der Waals surface area contributed by atoms with Crippen molar-refractivity contribution in [3.8, 4) is 0 Å². The highest BCUT2D eigenvalue weighted by Gasteiger charge is 2.12. The molecule has 1 atom stereocenters. The van der Waals surface area contributed by atoms with Crippen molar-refractivity contribution in [3.63, 3.8) is 0 Å². The maximum Gasteiger partial charge on any atom is 0.325 e. The van der Waals surface area contributed by atoms with E-state index < -0.39 is 17.9 Å². The van der Waals surface area contributed by atoms with Crippen LogP contribution in [0.5, 0.6) is 0 Å². The van der Waals surface area contributed by atoms with Crippen molar-refractivity contribution < 1.29 is 19.1 Å². The monoisotopic (exact) mass is 260 g/mol. The summed E-state index contributed by atoms with van der Waals surface area (Å²) in [5.74, 6) is -1.32. The van der Waals surface area contributed by atoms with Gasteiger partial charge >= 0.3 is 5.97 Å². The molecule has 0 radical (unpaired) electrons. The Morgan fingerprint density at radius 3 is 2.84 bits per heavy atom. The van der Waals surface area contributed by atoms with Gasteiger partial charge in [-0.25, -0.2) is 4.98 Å². The lowest BCUT2D eigenvalue weighted by Gasteiger charge is -2.05. The molecule has 6 nitrogen and oxygen atoms in total. The molecule has 0 bridgehead atoms. The molecule has 0 unspecified atom stereocenters. The highest BCUT2D eigenvalue weighted by Crippen LogP contribution is 2.15. The maximum absolute atomic E-state index is 11.4. The molecule has 0 saturated carbocycles. The minimum Gasteiger partial charge on any atom is -0.480 e. The van der Waals surface area contributed by atoms with Crippen LogP contribution in [0.1, 0.15) is 12.8 Å². The number of rotatable bonds is 4. The van der Waals surface area contributed by atoms with Crippen LogP contribution < -0.4 is 5.32 Å². The predicted molar refractivity (Wildman–Crippen MR) is 68.3 cm³/mol. The van der Waals surface area contributed by atoms with Crippen LogP contribution in [0.3, 0.4) is 0 Å². The van der Waals surface area contributed by atoms with E-state index in [0.717, 1.165) is 0 Å². The first-order chi connectivity index (χ1) is 9.06. The Labute approximate surface area is 108 Å². The van der Waals surface area contributed by atoms with Gasteiger partial charge in [0.2, 0.25) is 11.8 Å². The first kappa shape index (κ1) is 12.8. The van der Waals surface area contributed by atoms with Crippen molar-refractivity contribution in [1.82, 2.24) is 10.3 Å². The summed E-state index contributed by atoms with van der Waals surface area (Å²) < 4.78 is 5.38. The summed E-state index contributed by atoms with van der Waals surface area (Å²) in [5.41, 5.74) is 1.32. The third-order valence-corrected chi connectivity index (χ3v) is 2.42. The number of aliphatic carboxylic acids is 1. The van der Waals surface area contributed by atoms with Gasteiger partial charge in [-0.05, 0) is 19.1 Å². The van der Waals surface area contributed by atoms with Gasteiger partial charge in [0, 0.05) is 12.2 Å². The fraction of sp³-hybridized carbons (Fsp3) is 0.154. The van der Waals surface area contributed by atoms with Crippen LogP contribution in [-0.2, 0) is 9.59 Å².